The lowest BCUT2D eigenvalue weighted by Gasteiger charge is -2.15. The Morgan fingerprint density at radius 3 is 2.43 bits per heavy atom. The van der Waals surface area contributed by atoms with E-state index in [1.54, 1.807) is 0 Å². The number of aryl methyl sites for hydroxylation is 2. The van der Waals surface area contributed by atoms with Gasteiger partial charge in [-0.3, -0.25) is 0 Å². The van der Waals surface area contributed by atoms with E-state index >= 15 is 0 Å². The minimum atomic E-state index is 0.0192. The number of benzene rings is 2. The van der Waals surface area contributed by atoms with Crippen LogP contribution in [0.15, 0.2) is 42.5 Å². The summed E-state index contributed by atoms with van der Waals surface area (Å²) in [5, 5.41) is 0. The second-order valence-corrected chi connectivity index (χ2v) is 5.66. The van der Waals surface area contributed by atoms with Crippen molar-refractivity contribution in [1.82, 2.24) is 0 Å². The van der Waals surface area contributed by atoms with Gasteiger partial charge < -0.3 is 10.5 Å². The van der Waals surface area contributed by atoms with E-state index in [0.717, 1.165) is 30.8 Å². The van der Waals surface area contributed by atoms with E-state index in [2.05, 4.69) is 51.1 Å². The first kappa shape index (κ1) is 15.6. The van der Waals surface area contributed by atoms with Crippen molar-refractivity contribution >= 4 is 0 Å². The van der Waals surface area contributed by atoms with E-state index < -0.39 is 0 Å². The predicted octanol–water partition coefficient (Wildman–Crippen LogP) is 4.33. The third-order valence-electron chi connectivity index (χ3n) is 3.73. The van der Waals surface area contributed by atoms with Gasteiger partial charge in [0.15, 0.2) is 0 Å². The van der Waals surface area contributed by atoms with Crippen LogP contribution in [0.25, 0.3) is 0 Å². The van der Waals surface area contributed by atoms with Gasteiger partial charge in [-0.1, -0.05) is 42.8 Å². The first-order chi connectivity index (χ1) is 10.1. The van der Waals surface area contributed by atoms with Gasteiger partial charge in [-0.2, -0.15) is 0 Å². The average Bonchev–Trinajstić information content (AvgIpc) is 2.49. The van der Waals surface area contributed by atoms with Gasteiger partial charge >= 0.3 is 0 Å². The molecule has 2 nitrogen and oxygen atoms in total. The first-order valence-electron chi connectivity index (χ1n) is 7.64. The van der Waals surface area contributed by atoms with E-state index in [1.807, 2.05) is 12.1 Å². The monoisotopic (exact) mass is 283 g/mol. The van der Waals surface area contributed by atoms with Gasteiger partial charge in [0, 0.05) is 6.04 Å². The van der Waals surface area contributed by atoms with Crippen molar-refractivity contribution in [3.63, 3.8) is 0 Å². The van der Waals surface area contributed by atoms with Crippen LogP contribution in [-0.4, -0.2) is 6.61 Å². The zero-order valence-electron chi connectivity index (χ0n) is 13.2. The minimum absolute atomic E-state index is 0.0192. The molecule has 2 rings (SSSR count). The van der Waals surface area contributed by atoms with Gasteiger partial charge in [0.2, 0.25) is 0 Å². The van der Waals surface area contributed by atoms with Crippen molar-refractivity contribution in [3.8, 4) is 5.75 Å². The van der Waals surface area contributed by atoms with Crippen LogP contribution in [0.5, 0.6) is 5.75 Å². The zero-order valence-corrected chi connectivity index (χ0v) is 13.2. The lowest BCUT2D eigenvalue weighted by atomic mass is 9.95. The summed E-state index contributed by atoms with van der Waals surface area (Å²) >= 11 is 0. The van der Waals surface area contributed by atoms with Crippen LogP contribution < -0.4 is 10.5 Å². The Balaban J connectivity index is 2.05. The molecule has 0 amide bonds. The second-order valence-electron chi connectivity index (χ2n) is 5.66. The summed E-state index contributed by atoms with van der Waals surface area (Å²) in [7, 11) is 0. The van der Waals surface area contributed by atoms with Gasteiger partial charge in [-0.25, -0.2) is 0 Å². The number of rotatable bonds is 6. The summed E-state index contributed by atoms with van der Waals surface area (Å²) in [6, 6.07) is 14.7. The second kappa shape index (κ2) is 7.28. The molecule has 0 saturated carbocycles. The molecule has 0 saturated heterocycles. The highest BCUT2D eigenvalue weighted by molar-refractivity contribution is 5.34. The molecule has 0 aliphatic carbocycles. The van der Waals surface area contributed by atoms with Gasteiger partial charge in [0.1, 0.15) is 5.75 Å². The summed E-state index contributed by atoms with van der Waals surface area (Å²) in [6.07, 6.45) is 1.89. The summed E-state index contributed by atoms with van der Waals surface area (Å²) in [5.41, 5.74) is 11.4. The maximum absolute atomic E-state index is 6.36. The number of hydrogen-bond acceptors (Lipinski definition) is 2. The van der Waals surface area contributed by atoms with Crippen molar-refractivity contribution in [2.75, 3.05) is 6.61 Å². The highest BCUT2D eigenvalue weighted by atomic mass is 16.5. The van der Waals surface area contributed by atoms with Crippen LogP contribution >= 0.6 is 0 Å². The average molecular weight is 283 g/mol. The summed E-state index contributed by atoms with van der Waals surface area (Å²) < 4.78 is 5.60. The number of ether oxygens (including phenoxy) is 1. The van der Waals surface area contributed by atoms with Gasteiger partial charge in [0.25, 0.3) is 0 Å². The van der Waals surface area contributed by atoms with Crippen molar-refractivity contribution < 1.29 is 4.74 Å². The van der Waals surface area contributed by atoms with E-state index in [4.69, 9.17) is 10.5 Å². The molecule has 1 unspecified atom stereocenters. The van der Waals surface area contributed by atoms with E-state index in [0.29, 0.717) is 0 Å². The largest absolute Gasteiger partial charge is 0.494 e. The van der Waals surface area contributed by atoms with E-state index in [1.165, 1.54) is 16.7 Å². The highest BCUT2D eigenvalue weighted by Gasteiger charge is 2.09. The van der Waals surface area contributed by atoms with Gasteiger partial charge in [-0.15, -0.1) is 0 Å². The molecule has 2 heteroatoms. The van der Waals surface area contributed by atoms with E-state index in [-0.39, 0.29) is 6.04 Å². The standard InChI is InChI=1S/C19H25NO/c1-4-11-21-18-9-7-16(8-10-18)19(20)13-17-12-14(2)5-6-15(17)3/h5-10,12,19H,4,11,13,20H2,1-3H3. The minimum Gasteiger partial charge on any atom is -0.494 e. The number of nitrogens with two attached hydrogens (primary N) is 1. The molecule has 0 aliphatic rings. The summed E-state index contributed by atoms with van der Waals surface area (Å²) in [5.74, 6) is 0.916. The van der Waals surface area contributed by atoms with Crippen LogP contribution in [0.1, 0.15) is 41.6 Å². The third-order valence-corrected chi connectivity index (χ3v) is 3.73. The van der Waals surface area contributed by atoms with Crippen molar-refractivity contribution in [3.05, 3.63) is 64.7 Å². The Bertz CT molecular complexity index is 575. The Hall–Kier alpha value is -1.80. The molecule has 0 heterocycles. The Labute approximate surface area is 127 Å². The van der Waals surface area contributed by atoms with Crippen LogP contribution in [0.3, 0.4) is 0 Å². The molecule has 0 aliphatic heterocycles. The first-order valence-corrected chi connectivity index (χ1v) is 7.64. The molecule has 0 fully saturated rings. The lowest BCUT2D eigenvalue weighted by molar-refractivity contribution is 0.317. The third kappa shape index (κ3) is 4.33. The predicted molar refractivity (Wildman–Crippen MR) is 88.8 cm³/mol. The SMILES string of the molecule is CCCOc1ccc(C(N)Cc2cc(C)ccc2C)cc1. The molecule has 0 aromatic heterocycles. The molecule has 0 bridgehead atoms. The molecular formula is C19H25NO. The van der Waals surface area contributed by atoms with Crippen LogP contribution in [0.4, 0.5) is 0 Å². The fourth-order valence-electron chi connectivity index (χ4n) is 2.41. The van der Waals surface area contributed by atoms with Crippen LogP contribution in [-0.2, 0) is 6.42 Å². The summed E-state index contributed by atoms with van der Waals surface area (Å²) in [6.45, 7) is 7.12. The molecule has 21 heavy (non-hydrogen) atoms. The summed E-state index contributed by atoms with van der Waals surface area (Å²) in [4.78, 5) is 0. The Morgan fingerprint density at radius 1 is 1.05 bits per heavy atom. The normalized spacial score (nSPS) is 12.2. The fourth-order valence-corrected chi connectivity index (χ4v) is 2.41. The van der Waals surface area contributed by atoms with Crippen molar-refractivity contribution in [2.24, 2.45) is 5.73 Å². The molecule has 0 spiro atoms. The highest BCUT2D eigenvalue weighted by Crippen LogP contribution is 2.22. The maximum atomic E-state index is 6.36. The molecule has 2 N–H and O–H groups in total. The van der Waals surface area contributed by atoms with Gasteiger partial charge in [0.05, 0.1) is 6.61 Å². The molecule has 112 valence electrons. The fraction of sp³-hybridized carbons (Fsp3) is 0.368. The zero-order chi connectivity index (χ0) is 15.2. The smallest absolute Gasteiger partial charge is 0.119 e. The van der Waals surface area contributed by atoms with Crippen LogP contribution in [0.2, 0.25) is 0 Å². The van der Waals surface area contributed by atoms with Crippen molar-refractivity contribution in [2.45, 2.75) is 39.7 Å². The molecular weight excluding hydrogens is 258 g/mol. The van der Waals surface area contributed by atoms with E-state index in [9.17, 15) is 0 Å². The topological polar surface area (TPSA) is 35.2 Å². The quantitative estimate of drug-likeness (QED) is 0.856. The van der Waals surface area contributed by atoms with Crippen LogP contribution in [0, 0.1) is 13.8 Å². The molecule has 2 aromatic rings. The molecule has 1 atom stereocenters. The van der Waals surface area contributed by atoms with Gasteiger partial charge in [-0.05, 0) is 55.5 Å². The number of hydrogen-bond donors (Lipinski definition) is 1. The Kier molecular flexibility index (Phi) is 5.40. The van der Waals surface area contributed by atoms with Crippen molar-refractivity contribution in [1.29, 1.82) is 0 Å². The lowest BCUT2D eigenvalue weighted by Crippen LogP contribution is -2.14. The molecule has 0 radical (unpaired) electrons. The maximum Gasteiger partial charge on any atom is 0.119 e. The Morgan fingerprint density at radius 2 is 1.76 bits per heavy atom. The molecule has 2 aromatic carbocycles.